The Labute approximate surface area is 219 Å². The third-order valence-electron chi connectivity index (χ3n) is 5.79. The van der Waals surface area contributed by atoms with E-state index in [2.05, 4.69) is 24.8 Å². The number of aryl methyl sites for hydroxylation is 1. The molecule has 0 aliphatic carbocycles. The van der Waals surface area contributed by atoms with Gasteiger partial charge in [-0.1, -0.05) is 48.5 Å². The van der Waals surface area contributed by atoms with Crippen molar-refractivity contribution < 1.29 is 8.42 Å². The summed E-state index contributed by atoms with van der Waals surface area (Å²) in [5, 5.41) is 3.23. The van der Waals surface area contributed by atoms with E-state index in [1.54, 1.807) is 32.0 Å². The number of aliphatic imine (C=N–C) groups is 1. The van der Waals surface area contributed by atoms with E-state index in [1.165, 1.54) is 23.0 Å². The van der Waals surface area contributed by atoms with Crippen molar-refractivity contribution in [2.45, 2.75) is 18.7 Å². The van der Waals surface area contributed by atoms with Gasteiger partial charge in [0, 0.05) is 17.5 Å². The zero-order chi connectivity index (χ0) is 26.7. The van der Waals surface area contributed by atoms with Crippen LogP contribution in [0, 0.1) is 6.92 Å². The minimum absolute atomic E-state index is 0.00136. The fraction of sp³-hybridized carbons (Fsp3) is 0.0714. The smallest absolute Gasteiger partial charge is 0.280 e. The lowest BCUT2D eigenvalue weighted by atomic mass is 10.1. The summed E-state index contributed by atoms with van der Waals surface area (Å²) in [5.41, 5.74) is 4.00. The second-order valence-electron chi connectivity index (χ2n) is 8.52. The van der Waals surface area contributed by atoms with Crippen molar-refractivity contribution in [2.24, 2.45) is 4.99 Å². The van der Waals surface area contributed by atoms with Gasteiger partial charge < -0.3 is 0 Å². The highest BCUT2D eigenvalue weighted by atomic mass is 32.2. The van der Waals surface area contributed by atoms with Crippen molar-refractivity contribution in [1.82, 2.24) is 19.7 Å². The van der Waals surface area contributed by atoms with E-state index < -0.39 is 10.0 Å². The number of nitrogens with zero attached hydrogens (tertiary/aromatic N) is 4. The highest BCUT2D eigenvalue weighted by Crippen LogP contribution is 2.24. The van der Waals surface area contributed by atoms with Gasteiger partial charge in [0.2, 0.25) is 5.95 Å². The first-order valence-corrected chi connectivity index (χ1v) is 13.2. The average molecular weight is 525 g/mol. The topological polar surface area (TPSA) is 122 Å². The number of rotatable bonds is 7. The summed E-state index contributed by atoms with van der Waals surface area (Å²) in [5.74, 6) is -0.00136. The molecular weight excluding hydrogens is 500 g/mol. The number of aromatic amines is 1. The molecule has 0 radical (unpaired) electrons. The number of anilines is 1. The van der Waals surface area contributed by atoms with Crippen LogP contribution in [0.15, 0.2) is 112 Å². The third-order valence-corrected chi connectivity index (χ3v) is 7.14. The normalized spacial score (nSPS) is 11.9. The van der Waals surface area contributed by atoms with Gasteiger partial charge >= 0.3 is 0 Å². The average Bonchev–Trinajstić information content (AvgIpc) is 3.27. The van der Waals surface area contributed by atoms with Gasteiger partial charge in [-0.25, -0.2) is 27.8 Å². The van der Waals surface area contributed by atoms with Crippen LogP contribution in [0.3, 0.4) is 0 Å². The van der Waals surface area contributed by atoms with E-state index >= 15 is 0 Å². The van der Waals surface area contributed by atoms with E-state index in [-0.39, 0.29) is 16.4 Å². The molecule has 0 atom stereocenters. The monoisotopic (exact) mass is 524 g/mol. The summed E-state index contributed by atoms with van der Waals surface area (Å²) >= 11 is 0. The quantitative estimate of drug-likeness (QED) is 0.294. The Morgan fingerprint density at radius 3 is 2.24 bits per heavy atom. The molecule has 0 unspecified atom stereocenters. The zero-order valence-electron chi connectivity index (χ0n) is 20.7. The molecule has 10 heteroatoms. The van der Waals surface area contributed by atoms with Crippen molar-refractivity contribution in [3.05, 3.63) is 119 Å². The molecule has 0 saturated carbocycles. The predicted octanol–water partition coefficient (Wildman–Crippen LogP) is 4.87. The molecule has 0 fully saturated rings. The molecule has 5 rings (SSSR count). The Kier molecular flexibility index (Phi) is 6.71. The molecule has 2 aromatic heterocycles. The number of aromatic nitrogens is 4. The van der Waals surface area contributed by atoms with Crippen LogP contribution in [-0.4, -0.2) is 33.9 Å². The second kappa shape index (κ2) is 10.3. The summed E-state index contributed by atoms with van der Waals surface area (Å²) in [6, 6.07) is 26.6. The van der Waals surface area contributed by atoms with Gasteiger partial charge in [-0.2, -0.15) is 0 Å². The maximum Gasteiger partial charge on any atom is 0.280 e. The molecule has 0 amide bonds. The van der Waals surface area contributed by atoms with Crippen LogP contribution in [0.4, 0.5) is 11.6 Å². The molecular formula is C28H24N6O3S. The molecule has 38 heavy (non-hydrogen) atoms. The molecule has 0 aliphatic rings. The van der Waals surface area contributed by atoms with Gasteiger partial charge in [0.25, 0.3) is 15.6 Å². The number of sulfonamides is 1. The summed E-state index contributed by atoms with van der Waals surface area (Å²) in [4.78, 5) is 26.2. The van der Waals surface area contributed by atoms with E-state index in [9.17, 15) is 13.2 Å². The molecule has 0 saturated heterocycles. The van der Waals surface area contributed by atoms with Crippen LogP contribution in [-0.2, 0) is 10.0 Å². The molecule has 2 heterocycles. The lowest BCUT2D eigenvalue weighted by molar-refractivity contribution is 0.601. The van der Waals surface area contributed by atoms with Crippen molar-refractivity contribution in [3.63, 3.8) is 0 Å². The maximum absolute atomic E-state index is 13.5. The number of hydrogen-bond donors (Lipinski definition) is 2. The fourth-order valence-corrected chi connectivity index (χ4v) is 4.92. The molecule has 5 aromatic rings. The van der Waals surface area contributed by atoms with E-state index in [4.69, 9.17) is 0 Å². The Bertz CT molecular complexity index is 1780. The van der Waals surface area contributed by atoms with Gasteiger partial charge in [-0.05, 0) is 56.3 Å². The van der Waals surface area contributed by atoms with Crippen LogP contribution in [0.5, 0.6) is 0 Å². The zero-order valence-corrected chi connectivity index (χ0v) is 21.5. The standard InChI is InChI=1S/C28H24N6O3S/c1-19-17-18-29-28(30-19)33-38(36,37)24-15-13-22(14-16-24)31-20(2)25-26(21-9-5-3-6-10-21)32-34(27(25)35)23-11-7-4-8-12-23/h3-18,32H,1-2H3,(H,29,30,33). The third kappa shape index (κ3) is 5.16. The van der Waals surface area contributed by atoms with E-state index in [0.717, 1.165) is 5.56 Å². The molecule has 2 N–H and O–H groups in total. The Balaban J connectivity index is 1.50. The van der Waals surface area contributed by atoms with Crippen molar-refractivity contribution in [1.29, 1.82) is 0 Å². The van der Waals surface area contributed by atoms with Crippen molar-refractivity contribution in [2.75, 3.05) is 4.72 Å². The van der Waals surface area contributed by atoms with Gasteiger partial charge in [-0.15, -0.1) is 0 Å². The molecule has 9 nitrogen and oxygen atoms in total. The fourth-order valence-electron chi connectivity index (χ4n) is 3.97. The minimum Gasteiger partial charge on any atom is -0.290 e. The van der Waals surface area contributed by atoms with Crippen molar-refractivity contribution in [3.8, 4) is 16.9 Å². The predicted molar refractivity (Wildman–Crippen MR) is 148 cm³/mol. The van der Waals surface area contributed by atoms with Crippen LogP contribution in [0.25, 0.3) is 16.9 Å². The first-order valence-electron chi connectivity index (χ1n) is 11.8. The largest absolute Gasteiger partial charge is 0.290 e. The second-order valence-corrected chi connectivity index (χ2v) is 10.2. The van der Waals surface area contributed by atoms with Crippen LogP contribution in [0.2, 0.25) is 0 Å². The highest BCUT2D eigenvalue weighted by molar-refractivity contribution is 7.92. The Hall–Kier alpha value is -4.83. The molecule has 0 spiro atoms. The van der Waals surface area contributed by atoms with Gasteiger partial charge in [-0.3, -0.25) is 14.9 Å². The van der Waals surface area contributed by atoms with Crippen LogP contribution >= 0.6 is 0 Å². The van der Waals surface area contributed by atoms with Crippen LogP contribution in [0.1, 0.15) is 18.2 Å². The Morgan fingerprint density at radius 2 is 1.58 bits per heavy atom. The van der Waals surface area contributed by atoms with Gasteiger partial charge in [0.05, 0.1) is 33.2 Å². The van der Waals surface area contributed by atoms with Crippen LogP contribution < -0.4 is 10.3 Å². The molecule has 190 valence electrons. The molecule has 0 aliphatic heterocycles. The lowest BCUT2D eigenvalue weighted by Crippen LogP contribution is -2.19. The van der Waals surface area contributed by atoms with E-state index in [1.807, 2.05) is 60.7 Å². The summed E-state index contributed by atoms with van der Waals surface area (Å²) in [7, 11) is -3.89. The first kappa shape index (κ1) is 24.8. The highest BCUT2D eigenvalue weighted by Gasteiger charge is 2.20. The minimum atomic E-state index is -3.89. The van der Waals surface area contributed by atoms with E-state index in [0.29, 0.717) is 34.0 Å². The summed E-state index contributed by atoms with van der Waals surface area (Å²) in [6.45, 7) is 3.50. The van der Waals surface area contributed by atoms with Crippen molar-refractivity contribution >= 4 is 27.4 Å². The molecule has 3 aromatic carbocycles. The number of nitrogens with one attached hydrogen (secondary N) is 2. The number of benzene rings is 3. The molecule has 0 bridgehead atoms. The SMILES string of the molecule is CC(=Nc1ccc(S(=O)(=O)Nc2nccc(C)n2)cc1)c1c(-c2ccccc2)[nH]n(-c2ccccc2)c1=O. The van der Waals surface area contributed by atoms with Gasteiger partial charge in [0.15, 0.2) is 0 Å². The number of H-pyrrole nitrogens is 1. The summed E-state index contributed by atoms with van der Waals surface area (Å²) in [6.07, 6.45) is 1.48. The Morgan fingerprint density at radius 1 is 0.921 bits per heavy atom. The number of para-hydroxylation sites is 1. The van der Waals surface area contributed by atoms with Gasteiger partial charge in [0.1, 0.15) is 0 Å². The first-order chi connectivity index (χ1) is 18.3. The lowest BCUT2D eigenvalue weighted by Gasteiger charge is -2.07. The number of hydrogen-bond acceptors (Lipinski definition) is 6. The summed E-state index contributed by atoms with van der Waals surface area (Å²) < 4.78 is 29.4. The maximum atomic E-state index is 13.5.